The van der Waals surface area contributed by atoms with E-state index in [1.807, 2.05) is 6.07 Å². The quantitative estimate of drug-likeness (QED) is 0.739. The van der Waals surface area contributed by atoms with Crippen LogP contribution in [0.25, 0.3) is 0 Å². The van der Waals surface area contributed by atoms with Crippen molar-refractivity contribution in [3.05, 3.63) is 23.9 Å². The van der Waals surface area contributed by atoms with Crippen molar-refractivity contribution in [3.8, 4) is 0 Å². The third-order valence-electron chi connectivity index (χ3n) is 5.34. The third kappa shape index (κ3) is 4.95. The van der Waals surface area contributed by atoms with Crippen LogP contribution >= 0.6 is 0 Å². The molecule has 0 spiro atoms. The van der Waals surface area contributed by atoms with Gasteiger partial charge in [-0.25, -0.2) is 4.98 Å². The van der Waals surface area contributed by atoms with Crippen molar-refractivity contribution in [3.63, 3.8) is 0 Å². The van der Waals surface area contributed by atoms with Crippen LogP contribution in [0.1, 0.15) is 23.2 Å². The second-order valence-corrected chi connectivity index (χ2v) is 7.36. The second kappa shape index (κ2) is 9.14. The molecular weight excluding hydrogens is 344 g/mol. The van der Waals surface area contributed by atoms with E-state index < -0.39 is 0 Å². The lowest BCUT2D eigenvalue weighted by atomic mass is 9.96. The van der Waals surface area contributed by atoms with Crippen molar-refractivity contribution in [2.24, 2.45) is 11.7 Å². The first-order valence-electron chi connectivity index (χ1n) is 9.75. The second-order valence-electron chi connectivity index (χ2n) is 7.36. The van der Waals surface area contributed by atoms with Crippen LogP contribution in [0.2, 0.25) is 0 Å². The Morgan fingerprint density at radius 2 is 2.04 bits per heavy atom. The number of nitrogens with two attached hydrogens (primary N) is 1. The molecule has 148 valence electrons. The molecule has 3 N–H and O–H groups in total. The first kappa shape index (κ1) is 19.6. The highest BCUT2D eigenvalue weighted by Gasteiger charge is 2.29. The molecule has 2 amide bonds. The summed E-state index contributed by atoms with van der Waals surface area (Å²) in [6.45, 7) is 5.85. The molecule has 0 saturated carbocycles. The smallest absolute Gasteiger partial charge is 0.254 e. The van der Waals surface area contributed by atoms with Gasteiger partial charge in [0.25, 0.3) is 5.91 Å². The van der Waals surface area contributed by atoms with Crippen molar-refractivity contribution in [1.82, 2.24) is 20.1 Å². The van der Waals surface area contributed by atoms with E-state index in [2.05, 4.69) is 27.1 Å². The van der Waals surface area contributed by atoms with Crippen LogP contribution in [-0.2, 0) is 4.79 Å². The van der Waals surface area contributed by atoms with E-state index in [0.29, 0.717) is 31.7 Å². The molecule has 27 heavy (non-hydrogen) atoms. The zero-order valence-corrected chi connectivity index (χ0v) is 16.1. The van der Waals surface area contributed by atoms with Gasteiger partial charge in [0, 0.05) is 64.1 Å². The lowest BCUT2D eigenvalue weighted by Gasteiger charge is -2.34. The Morgan fingerprint density at radius 1 is 1.26 bits per heavy atom. The molecule has 2 aliphatic heterocycles. The minimum Gasteiger partial charge on any atom is -0.355 e. The summed E-state index contributed by atoms with van der Waals surface area (Å²) in [5, 5.41) is 2.83. The molecule has 8 nitrogen and oxygen atoms in total. The Hall–Kier alpha value is -2.19. The Labute approximate surface area is 160 Å². The van der Waals surface area contributed by atoms with Gasteiger partial charge in [-0.3, -0.25) is 9.59 Å². The number of likely N-dealkylation sites (N-methyl/N-ethyl adjacent to an activating group) is 1. The number of likely N-dealkylation sites (tertiary alicyclic amines) is 1. The minimum absolute atomic E-state index is 0.00851. The fourth-order valence-electron chi connectivity index (χ4n) is 3.66. The average molecular weight is 374 g/mol. The Kier molecular flexibility index (Phi) is 6.63. The van der Waals surface area contributed by atoms with Crippen LogP contribution < -0.4 is 16.0 Å². The van der Waals surface area contributed by atoms with Crippen LogP contribution in [-0.4, -0.2) is 86.0 Å². The number of carbonyl (C=O) groups is 2. The number of piperidine rings is 1. The van der Waals surface area contributed by atoms with Gasteiger partial charge in [0.2, 0.25) is 5.91 Å². The number of piperazine rings is 1. The topological polar surface area (TPSA) is 94.8 Å². The van der Waals surface area contributed by atoms with Crippen LogP contribution in [0.5, 0.6) is 0 Å². The third-order valence-corrected chi connectivity index (χ3v) is 5.34. The highest BCUT2D eigenvalue weighted by molar-refractivity contribution is 5.95. The summed E-state index contributed by atoms with van der Waals surface area (Å²) in [6.07, 6.45) is 3.35. The molecule has 1 aromatic rings. The molecule has 2 aliphatic rings. The number of pyridine rings is 1. The number of rotatable bonds is 5. The summed E-state index contributed by atoms with van der Waals surface area (Å²) in [4.78, 5) is 36.0. The van der Waals surface area contributed by atoms with Gasteiger partial charge < -0.3 is 25.8 Å². The maximum absolute atomic E-state index is 13.0. The van der Waals surface area contributed by atoms with Gasteiger partial charge in [-0.05, 0) is 32.0 Å². The SMILES string of the molecule is CN1CCN(c2cc(C(=O)N3CCCC(C(=O)NCCN)C3)ccn2)CC1. The number of hydrogen-bond acceptors (Lipinski definition) is 6. The molecule has 3 heterocycles. The van der Waals surface area contributed by atoms with Crippen molar-refractivity contribution in [2.75, 3.05) is 64.3 Å². The van der Waals surface area contributed by atoms with E-state index >= 15 is 0 Å². The normalized spacial score (nSPS) is 21.2. The number of nitrogens with one attached hydrogen (secondary N) is 1. The van der Waals surface area contributed by atoms with E-state index in [1.165, 1.54) is 0 Å². The summed E-state index contributed by atoms with van der Waals surface area (Å²) >= 11 is 0. The zero-order chi connectivity index (χ0) is 19.2. The Balaban J connectivity index is 1.64. The lowest BCUT2D eigenvalue weighted by molar-refractivity contribution is -0.126. The lowest BCUT2D eigenvalue weighted by Crippen LogP contribution is -2.46. The Morgan fingerprint density at radius 3 is 2.78 bits per heavy atom. The monoisotopic (exact) mass is 374 g/mol. The molecule has 0 aliphatic carbocycles. The molecular formula is C19H30N6O2. The van der Waals surface area contributed by atoms with Gasteiger partial charge in [-0.15, -0.1) is 0 Å². The summed E-state index contributed by atoms with van der Waals surface area (Å²) < 4.78 is 0. The molecule has 0 bridgehead atoms. The highest BCUT2D eigenvalue weighted by atomic mass is 16.2. The van der Waals surface area contributed by atoms with Crippen LogP contribution in [0, 0.1) is 5.92 Å². The minimum atomic E-state index is -0.159. The summed E-state index contributed by atoms with van der Waals surface area (Å²) in [5.41, 5.74) is 6.09. The average Bonchev–Trinajstić information content (AvgIpc) is 2.72. The fraction of sp³-hybridized carbons (Fsp3) is 0.632. The van der Waals surface area contributed by atoms with Gasteiger partial charge in [-0.2, -0.15) is 0 Å². The molecule has 1 unspecified atom stereocenters. The van der Waals surface area contributed by atoms with Crippen LogP contribution in [0.4, 0.5) is 5.82 Å². The Bertz CT molecular complexity index is 659. The molecule has 2 fully saturated rings. The van der Waals surface area contributed by atoms with Crippen molar-refractivity contribution < 1.29 is 9.59 Å². The molecule has 8 heteroatoms. The van der Waals surface area contributed by atoms with E-state index in [-0.39, 0.29) is 17.7 Å². The van der Waals surface area contributed by atoms with Crippen molar-refractivity contribution in [2.45, 2.75) is 12.8 Å². The number of amides is 2. The van der Waals surface area contributed by atoms with E-state index in [0.717, 1.165) is 44.8 Å². The van der Waals surface area contributed by atoms with Gasteiger partial charge in [0.1, 0.15) is 5.82 Å². The molecule has 0 radical (unpaired) electrons. The number of carbonyl (C=O) groups excluding carboxylic acids is 2. The molecule has 2 saturated heterocycles. The maximum Gasteiger partial charge on any atom is 0.254 e. The van der Waals surface area contributed by atoms with E-state index in [1.54, 1.807) is 17.2 Å². The first-order chi connectivity index (χ1) is 13.1. The number of anilines is 1. The predicted molar refractivity (Wildman–Crippen MR) is 105 cm³/mol. The standard InChI is InChI=1S/C19H30N6O2/c1-23-9-11-24(12-10-23)17-13-15(4-6-21-17)19(27)25-8-2-3-16(14-25)18(26)22-7-5-20/h4,6,13,16H,2-3,5,7-12,14,20H2,1H3,(H,22,26). The number of aromatic nitrogens is 1. The summed E-state index contributed by atoms with van der Waals surface area (Å²) in [7, 11) is 2.11. The number of hydrogen-bond donors (Lipinski definition) is 2. The van der Waals surface area contributed by atoms with Gasteiger partial charge >= 0.3 is 0 Å². The van der Waals surface area contributed by atoms with Crippen molar-refractivity contribution >= 4 is 17.6 Å². The van der Waals surface area contributed by atoms with Gasteiger partial charge in [0.15, 0.2) is 0 Å². The summed E-state index contributed by atoms with van der Waals surface area (Å²) in [6, 6.07) is 3.64. The molecule has 3 rings (SSSR count). The fourth-order valence-corrected chi connectivity index (χ4v) is 3.66. The first-order valence-corrected chi connectivity index (χ1v) is 9.75. The van der Waals surface area contributed by atoms with Gasteiger partial charge in [-0.1, -0.05) is 0 Å². The van der Waals surface area contributed by atoms with E-state index in [4.69, 9.17) is 5.73 Å². The van der Waals surface area contributed by atoms with Crippen LogP contribution in [0.3, 0.4) is 0 Å². The molecule has 1 atom stereocenters. The van der Waals surface area contributed by atoms with Crippen LogP contribution in [0.15, 0.2) is 18.3 Å². The predicted octanol–water partition coefficient (Wildman–Crippen LogP) is -0.239. The molecule has 0 aromatic carbocycles. The van der Waals surface area contributed by atoms with E-state index in [9.17, 15) is 9.59 Å². The molecule has 1 aromatic heterocycles. The highest BCUT2D eigenvalue weighted by Crippen LogP contribution is 2.21. The number of nitrogens with zero attached hydrogens (tertiary/aromatic N) is 4. The summed E-state index contributed by atoms with van der Waals surface area (Å²) in [5.74, 6) is 0.659. The largest absolute Gasteiger partial charge is 0.355 e. The van der Waals surface area contributed by atoms with Gasteiger partial charge in [0.05, 0.1) is 5.92 Å². The zero-order valence-electron chi connectivity index (χ0n) is 16.1. The van der Waals surface area contributed by atoms with Crippen molar-refractivity contribution in [1.29, 1.82) is 0 Å². The maximum atomic E-state index is 13.0.